The molecule has 0 bridgehead atoms. The number of amides is 1. The highest BCUT2D eigenvalue weighted by Crippen LogP contribution is 2.27. The number of hydrogen-bond acceptors (Lipinski definition) is 4. The van der Waals surface area contributed by atoms with Gasteiger partial charge in [0.05, 0.1) is 24.6 Å². The van der Waals surface area contributed by atoms with E-state index in [1.807, 2.05) is 13.0 Å². The van der Waals surface area contributed by atoms with Crippen LogP contribution in [0.4, 0.5) is 5.69 Å². The molecule has 0 saturated carbocycles. The van der Waals surface area contributed by atoms with Gasteiger partial charge in [-0.1, -0.05) is 6.07 Å². The zero-order chi connectivity index (χ0) is 16.3. The Labute approximate surface area is 127 Å². The molecule has 116 valence electrons. The van der Waals surface area contributed by atoms with Gasteiger partial charge in [-0.2, -0.15) is 0 Å². The third kappa shape index (κ3) is 3.28. The largest absolute Gasteiger partial charge is 0.495 e. The third-order valence-electron chi connectivity index (χ3n) is 3.19. The number of carboxylic acid groups (broad SMARTS) is 1. The molecule has 6 nitrogen and oxygen atoms in total. The van der Waals surface area contributed by atoms with Crippen LogP contribution < -0.4 is 10.1 Å². The Hall–Kier alpha value is -2.76. The summed E-state index contributed by atoms with van der Waals surface area (Å²) in [7, 11) is 1.51. The summed E-state index contributed by atoms with van der Waals surface area (Å²) in [5.41, 5.74) is 2.31. The number of ether oxygens (including phenoxy) is 1. The van der Waals surface area contributed by atoms with E-state index < -0.39 is 11.9 Å². The zero-order valence-electron chi connectivity index (χ0n) is 12.6. The van der Waals surface area contributed by atoms with Crippen LogP contribution in [0.5, 0.6) is 5.75 Å². The van der Waals surface area contributed by atoms with E-state index in [0.29, 0.717) is 17.0 Å². The molecule has 1 amide bonds. The molecule has 0 radical (unpaired) electrons. The average molecular weight is 303 g/mol. The minimum Gasteiger partial charge on any atom is -0.495 e. The van der Waals surface area contributed by atoms with Crippen molar-refractivity contribution in [2.45, 2.75) is 20.3 Å². The van der Waals surface area contributed by atoms with Gasteiger partial charge in [0.25, 0.3) is 5.91 Å². The van der Waals surface area contributed by atoms with E-state index in [0.717, 1.165) is 5.56 Å². The zero-order valence-corrected chi connectivity index (χ0v) is 12.6. The SMILES string of the molecule is COc1ccc(C)cc1NC(=O)c1c(C)coc1CC(=O)O. The lowest BCUT2D eigenvalue weighted by Gasteiger charge is -2.11. The van der Waals surface area contributed by atoms with Crippen molar-refractivity contribution in [3.8, 4) is 5.75 Å². The maximum atomic E-state index is 12.5. The first-order valence-electron chi connectivity index (χ1n) is 6.67. The van der Waals surface area contributed by atoms with Gasteiger partial charge >= 0.3 is 5.97 Å². The van der Waals surface area contributed by atoms with Crippen LogP contribution in [0.1, 0.15) is 27.2 Å². The molecule has 2 N–H and O–H groups in total. The van der Waals surface area contributed by atoms with E-state index >= 15 is 0 Å². The molecule has 22 heavy (non-hydrogen) atoms. The van der Waals surface area contributed by atoms with Gasteiger partial charge in [-0.05, 0) is 31.5 Å². The lowest BCUT2D eigenvalue weighted by molar-refractivity contribution is -0.136. The van der Waals surface area contributed by atoms with Crippen LogP contribution in [0.25, 0.3) is 0 Å². The smallest absolute Gasteiger partial charge is 0.311 e. The van der Waals surface area contributed by atoms with E-state index in [-0.39, 0.29) is 17.7 Å². The highest BCUT2D eigenvalue weighted by atomic mass is 16.5. The number of benzene rings is 1. The molecule has 2 rings (SSSR count). The van der Waals surface area contributed by atoms with E-state index in [2.05, 4.69) is 5.32 Å². The summed E-state index contributed by atoms with van der Waals surface area (Å²) in [5.74, 6) is -0.822. The van der Waals surface area contributed by atoms with Crippen molar-refractivity contribution in [3.05, 3.63) is 46.9 Å². The number of hydrogen-bond donors (Lipinski definition) is 2. The summed E-state index contributed by atoms with van der Waals surface area (Å²) >= 11 is 0. The Kier molecular flexibility index (Phi) is 4.50. The van der Waals surface area contributed by atoms with Crippen LogP contribution in [-0.2, 0) is 11.2 Å². The molecule has 1 heterocycles. The van der Waals surface area contributed by atoms with Crippen molar-refractivity contribution in [1.82, 2.24) is 0 Å². The van der Waals surface area contributed by atoms with Gasteiger partial charge in [0, 0.05) is 5.56 Å². The molecule has 0 aliphatic carbocycles. The van der Waals surface area contributed by atoms with Gasteiger partial charge in [0.1, 0.15) is 17.9 Å². The van der Waals surface area contributed by atoms with Gasteiger partial charge < -0.3 is 19.6 Å². The second-order valence-electron chi connectivity index (χ2n) is 4.95. The van der Waals surface area contributed by atoms with Gasteiger partial charge in [-0.25, -0.2) is 0 Å². The topological polar surface area (TPSA) is 88.8 Å². The number of methoxy groups -OCH3 is 1. The maximum absolute atomic E-state index is 12.5. The number of aryl methyl sites for hydroxylation is 2. The van der Waals surface area contributed by atoms with E-state index in [1.165, 1.54) is 13.4 Å². The Balaban J connectivity index is 2.32. The fourth-order valence-corrected chi connectivity index (χ4v) is 2.17. The van der Waals surface area contributed by atoms with Gasteiger partial charge in [-0.15, -0.1) is 0 Å². The van der Waals surface area contributed by atoms with Crippen LogP contribution in [0.15, 0.2) is 28.9 Å². The normalized spacial score (nSPS) is 10.3. The highest BCUT2D eigenvalue weighted by molar-refractivity contribution is 6.07. The molecular formula is C16H17NO5. The monoisotopic (exact) mass is 303 g/mol. The van der Waals surface area contributed by atoms with Gasteiger partial charge in [-0.3, -0.25) is 9.59 Å². The first-order valence-corrected chi connectivity index (χ1v) is 6.67. The quantitative estimate of drug-likeness (QED) is 0.886. The fraction of sp³-hybridized carbons (Fsp3) is 0.250. The van der Waals surface area contributed by atoms with Gasteiger partial charge in [0.2, 0.25) is 0 Å². The average Bonchev–Trinajstić information content (AvgIpc) is 2.79. The van der Waals surface area contributed by atoms with E-state index in [1.54, 1.807) is 19.1 Å². The predicted molar refractivity (Wildman–Crippen MR) is 80.5 cm³/mol. The van der Waals surface area contributed by atoms with Gasteiger partial charge in [0.15, 0.2) is 0 Å². The van der Waals surface area contributed by atoms with Crippen LogP contribution >= 0.6 is 0 Å². The van der Waals surface area contributed by atoms with Crippen molar-refractivity contribution < 1.29 is 23.8 Å². The van der Waals surface area contributed by atoms with Crippen LogP contribution in [-0.4, -0.2) is 24.1 Å². The number of aliphatic carboxylic acids is 1. The summed E-state index contributed by atoms with van der Waals surface area (Å²) in [5, 5.41) is 11.6. The van der Waals surface area contributed by atoms with Crippen LogP contribution in [0.2, 0.25) is 0 Å². The Morgan fingerprint density at radius 3 is 2.68 bits per heavy atom. The van der Waals surface area contributed by atoms with Crippen molar-refractivity contribution in [2.24, 2.45) is 0 Å². The number of anilines is 1. The van der Waals surface area contributed by atoms with E-state index in [9.17, 15) is 9.59 Å². The highest BCUT2D eigenvalue weighted by Gasteiger charge is 2.21. The molecule has 0 saturated heterocycles. The molecule has 1 aromatic carbocycles. The van der Waals surface area contributed by atoms with Crippen LogP contribution in [0.3, 0.4) is 0 Å². The lowest BCUT2D eigenvalue weighted by atomic mass is 10.1. The Bertz CT molecular complexity index is 717. The molecule has 0 aliphatic heterocycles. The summed E-state index contributed by atoms with van der Waals surface area (Å²) in [6.45, 7) is 3.59. The third-order valence-corrected chi connectivity index (χ3v) is 3.19. The number of carbonyl (C=O) groups excluding carboxylic acids is 1. The number of furan rings is 1. The van der Waals surface area contributed by atoms with E-state index in [4.69, 9.17) is 14.3 Å². The predicted octanol–water partition coefficient (Wildman–Crippen LogP) is 2.78. The van der Waals surface area contributed by atoms with Crippen molar-refractivity contribution in [3.63, 3.8) is 0 Å². The number of nitrogens with one attached hydrogen (secondary N) is 1. The minimum absolute atomic E-state index is 0.133. The second-order valence-corrected chi connectivity index (χ2v) is 4.95. The lowest BCUT2D eigenvalue weighted by Crippen LogP contribution is -2.16. The molecule has 0 fully saturated rings. The Morgan fingerprint density at radius 2 is 2.05 bits per heavy atom. The van der Waals surface area contributed by atoms with Crippen molar-refractivity contribution >= 4 is 17.6 Å². The molecule has 0 aliphatic rings. The molecule has 0 spiro atoms. The molecule has 2 aromatic rings. The molecule has 6 heteroatoms. The number of carboxylic acids is 1. The summed E-state index contributed by atoms with van der Waals surface area (Å²) in [6, 6.07) is 5.40. The fourth-order valence-electron chi connectivity index (χ4n) is 2.17. The number of rotatable bonds is 5. The molecule has 0 atom stereocenters. The van der Waals surface area contributed by atoms with Crippen LogP contribution in [0, 0.1) is 13.8 Å². The van der Waals surface area contributed by atoms with Crippen molar-refractivity contribution in [2.75, 3.05) is 12.4 Å². The minimum atomic E-state index is -1.06. The number of carbonyl (C=O) groups is 2. The molecule has 0 unspecified atom stereocenters. The molecule has 1 aromatic heterocycles. The first kappa shape index (κ1) is 15.6. The Morgan fingerprint density at radius 1 is 1.32 bits per heavy atom. The second kappa shape index (κ2) is 6.34. The summed E-state index contributed by atoms with van der Waals surface area (Å²) < 4.78 is 10.4. The summed E-state index contributed by atoms with van der Waals surface area (Å²) in [4.78, 5) is 23.3. The molecular weight excluding hydrogens is 286 g/mol. The standard InChI is InChI=1S/C16H17NO5/c1-9-4-5-12(21-3)11(6-9)17-16(20)15-10(2)8-22-13(15)7-14(18)19/h4-6,8H,7H2,1-3H3,(H,17,20)(H,18,19). The maximum Gasteiger partial charge on any atom is 0.311 e. The van der Waals surface area contributed by atoms with Crippen molar-refractivity contribution in [1.29, 1.82) is 0 Å². The first-order chi connectivity index (χ1) is 10.4. The summed E-state index contributed by atoms with van der Waals surface area (Å²) in [6.07, 6.45) is 1.03.